The molecule has 1 fully saturated rings. The Kier molecular flexibility index (Phi) is 3.87. The third kappa shape index (κ3) is 2.48. The maximum absolute atomic E-state index is 11.8. The van der Waals surface area contributed by atoms with Crippen molar-refractivity contribution < 1.29 is 19.1 Å². The van der Waals surface area contributed by atoms with E-state index in [9.17, 15) is 9.59 Å². The molecule has 0 amide bonds. The predicted molar refractivity (Wildman–Crippen MR) is 65.3 cm³/mol. The van der Waals surface area contributed by atoms with E-state index in [1.165, 1.54) is 0 Å². The number of hydrogen-bond acceptors (Lipinski definition) is 4. The Labute approximate surface area is 110 Å². The van der Waals surface area contributed by atoms with Gasteiger partial charge in [0.2, 0.25) is 0 Å². The third-order valence-electron chi connectivity index (χ3n) is 2.88. The molecule has 4 nitrogen and oxygen atoms in total. The van der Waals surface area contributed by atoms with Crippen LogP contribution in [0.15, 0.2) is 24.3 Å². The van der Waals surface area contributed by atoms with E-state index in [0.717, 1.165) is 5.56 Å². The van der Waals surface area contributed by atoms with E-state index in [-0.39, 0.29) is 19.1 Å². The average Bonchev–Trinajstić information content (AvgIpc) is 2.71. The van der Waals surface area contributed by atoms with Crippen LogP contribution >= 0.6 is 11.6 Å². The molecule has 0 aliphatic carbocycles. The minimum Gasteiger partial charge on any atom is -0.465 e. The molecule has 0 spiro atoms. The summed E-state index contributed by atoms with van der Waals surface area (Å²) in [5, 5.41) is 0.564. The summed E-state index contributed by atoms with van der Waals surface area (Å²) in [4.78, 5) is 23.4. The average molecular weight is 269 g/mol. The zero-order valence-corrected chi connectivity index (χ0v) is 10.6. The molecule has 1 aliphatic rings. The van der Waals surface area contributed by atoms with Gasteiger partial charge in [-0.2, -0.15) is 0 Å². The van der Waals surface area contributed by atoms with Crippen LogP contribution in [0.3, 0.4) is 0 Å². The standard InChI is InChI=1S/C13H13ClO4/c1-2-17-12(15)11-10(7-18-13(11)16)8-4-3-5-9(14)6-8/h3-6,10-11H,2,7H2,1H3/t10-,11-/m1/s1. The monoisotopic (exact) mass is 268 g/mol. The van der Waals surface area contributed by atoms with E-state index in [1.54, 1.807) is 25.1 Å². The first kappa shape index (κ1) is 12.9. The summed E-state index contributed by atoms with van der Waals surface area (Å²) in [5.74, 6) is -2.28. The van der Waals surface area contributed by atoms with Gasteiger partial charge in [0.1, 0.15) is 0 Å². The summed E-state index contributed by atoms with van der Waals surface area (Å²) < 4.78 is 9.86. The highest BCUT2D eigenvalue weighted by Gasteiger charge is 2.44. The lowest BCUT2D eigenvalue weighted by molar-refractivity contribution is -0.155. The minimum absolute atomic E-state index is 0.183. The van der Waals surface area contributed by atoms with Crippen LogP contribution in [0.25, 0.3) is 0 Å². The van der Waals surface area contributed by atoms with Gasteiger partial charge in [-0.05, 0) is 24.6 Å². The molecule has 0 saturated carbocycles. The number of hydrogen-bond donors (Lipinski definition) is 0. The normalized spacial score (nSPS) is 22.7. The molecule has 1 aromatic carbocycles. The Balaban J connectivity index is 2.26. The van der Waals surface area contributed by atoms with Gasteiger partial charge < -0.3 is 9.47 Å². The summed E-state index contributed by atoms with van der Waals surface area (Å²) in [5.41, 5.74) is 0.811. The van der Waals surface area contributed by atoms with E-state index in [0.29, 0.717) is 5.02 Å². The van der Waals surface area contributed by atoms with Crippen molar-refractivity contribution in [3.05, 3.63) is 34.9 Å². The topological polar surface area (TPSA) is 52.6 Å². The van der Waals surface area contributed by atoms with Crippen LogP contribution in [0.4, 0.5) is 0 Å². The first-order valence-electron chi connectivity index (χ1n) is 5.72. The highest BCUT2D eigenvalue weighted by Crippen LogP contribution is 2.33. The van der Waals surface area contributed by atoms with Gasteiger partial charge in [0.05, 0.1) is 13.2 Å². The number of rotatable bonds is 3. The first-order chi connectivity index (χ1) is 8.63. The second-order valence-corrected chi connectivity index (χ2v) is 4.46. The fourth-order valence-electron chi connectivity index (χ4n) is 2.04. The summed E-state index contributed by atoms with van der Waals surface area (Å²) >= 11 is 5.91. The van der Waals surface area contributed by atoms with Crippen LogP contribution in [-0.4, -0.2) is 25.2 Å². The summed E-state index contributed by atoms with van der Waals surface area (Å²) in [6, 6.07) is 7.08. The van der Waals surface area contributed by atoms with Crippen molar-refractivity contribution in [1.29, 1.82) is 0 Å². The van der Waals surface area contributed by atoms with Gasteiger partial charge in [-0.25, -0.2) is 0 Å². The smallest absolute Gasteiger partial charge is 0.321 e. The zero-order valence-electron chi connectivity index (χ0n) is 9.89. The van der Waals surface area contributed by atoms with Gasteiger partial charge in [-0.3, -0.25) is 9.59 Å². The highest BCUT2D eigenvalue weighted by atomic mass is 35.5. The SMILES string of the molecule is CCOC(=O)[C@@H]1C(=O)OC[C@@H]1c1cccc(Cl)c1. The van der Waals surface area contributed by atoms with Crippen molar-refractivity contribution in [2.45, 2.75) is 12.8 Å². The molecule has 5 heteroatoms. The number of ether oxygens (including phenoxy) is 2. The number of cyclic esters (lactones) is 1. The minimum atomic E-state index is -0.886. The maximum Gasteiger partial charge on any atom is 0.321 e. The summed E-state index contributed by atoms with van der Waals surface area (Å²) in [6.07, 6.45) is 0. The number of carbonyl (C=O) groups is 2. The van der Waals surface area contributed by atoms with Gasteiger partial charge in [0.25, 0.3) is 0 Å². The largest absolute Gasteiger partial charge is 0.465 e. The van der Waals surface area contributed by atoms with Gasteiger partial charge in [0, 0.05) is 10.9 Å². The third-order valence-corrected chi connectivity index (χ3v) is 3.11. The molecule has 96 valence electrons. The Morgan fingerprint density at radius 2 is 2.33 bits per heavy atom. The molecule has 1 aromatic rings. The van der Waals surface area contributed by atoms with Gasteiger partial charge in [-0.15, -0.1) is 0 Å². The maximum atomic E-state index is 11.8. The number of carbonyl (C=O) groups excluding carboxylic acids is 2. The molecule has 18 heavy (non-hydrogen) atoms. The molecule has 2 rings (SSSR count). The van der Waals surface area contributed by atoms with Crippen molar-refractivity contribution in [2.24, 2.45) is 5.92 Å². The van der Waals surface area contributed by atoms with Crippen LogP contribution in [0.2, 0.25) is 5.02 Å². The molecule has 0 bridgehead atoms. The predicted octanol–water partition coefficient (Wildman–Crippen LogP) is 2.16. The molecule has 0 radical (unpaired) electrons. The van der Waals surface area contributed by atoms with Crippen molar-refractivity contribution in [1.82, 2.24) is 0 Å². The Hall–Kier alpha value is -1.55. The summed E-state index contributed by atoms with van der Waals surface area (Å²) in [7, 11) is 0. The second-order valence-electron chi connectivity index (χ2n) is 4.02. The van der Waals surface area contributed by atoms with Crippen molar-refractivity contribution in [3.8, 4) is 0 Å². The molecule has 0 aromatic heterocycles. The van der Waals surface area contributed by atoms with Gasteiger partial charge in [-0.1, -0.05) is 23.7 Å². The first-order valence-corrected chi connectivity index (χ1v) is 6.10. The quantitative estimate of drug-likeness (QED) is 0.623. The number of esters is 2. The number of benzene rings is 1. The summed E-state index contributed by atoms with van der Waals surface area (Å²) in [6.45, 7) is 2.13. The second kappa shape index (κ2) is 5.40. The molecule has 0 N–H and O–H groups in total. The molecule has 1 aliphatic heterocycles. The van der Waals surface area contributed by atoms with Crippen LogP contribution < -0.4 is 0 Å². The van der Waals surface area contributed by atoms with Crippen molar-refractivity contribution in [3.63, 3.8) is 0 Å². The van der Waals surface area contributed by atoms with Gasteiger partial charge in [0.15, 0.2) is 5.92 Å². The van der Waals surface area contributed by atoms with Crippen LogP contribution in [0.5, 0.6) is 0 Å². The molecular formula is C13H13ClO4. The van der Waals surface area contributed by atoms with Gasteiger partial charge >= 0.3 is 11.9 Å². The fraction of sp³-hybridized carbons (Fsp3) is 0.385. The van der Waals surface area contributed by atoms with Crippen LogP contribution in [-0.2, 0) is 19.1 Å². The number of halogens is 1. The molecule has 1 heterocycles. The fourth-order valence-corrected chi connectivity index (χ4v) is 2.24. The zero-order chi connectivity index (χ0) is 13.1. The highest BCUT2D eigenvalue weighted by molar-refractivity contribution is 6.30. The van der Waals surface area contributed by atoms with Crippen LogP contribution in [0.1, 0.15) is 18.4 Å². The molecular weight excluding hydrogens is 256 g/mol. The van der Waals surface area contributed by atoms with E-state index in [4.69, 9.17) is 21.1 Å². The molecule has 1 saturated heterocycles. The molecule has 0 unspecified atom stereocenters. The Bertz CT molecular complexity index is 472. The lowest BCUT2D eigenvalue weighted by atomic mass is 9.88. The lowest BCUT2D eigenvalue weighted by Crippen LogP contribution is -2.26. The lowest BCUT2D eigenvalue weighted by Gasteiger charge is -2.14. The van der Waals surface area contributed by atoms with E-state index in [2.05, 4.69) is 0 Å². The Morgan fingerprint density at radius 1 is 1.56 bits per heavy atom. The molecule has 2 atom stereocenters. The van der Waals surface area contributed by atoms with E-state index in [1.807, 2.05) is 6.07 Å². The van der Waals surface area contributed by atoms with Crippen molar-refractivity contribution >= 4 is 23.5 Å². The van der Waals surface area contributed by atoms with Crippen molar-refractivity contribution in [2.75, 3.05) is 13.2 Å². The van der Waals surface area contributed by atoms with E-state index < -0.39 is 17.9 Å². The van der Waals surface area contributed by atoms with Crippen LogP contribution in [0, 0.1) is 5.92 Å². The Morgan fingerprint density at radius 3 is 3.00 bits per heavy atom. The van der Waals surface area contributed by atoms with E-state index >= 15 is 0 Å².